The molecule has 0 radical (unpaired) electrons. The van der Waals surface area contributed by atoms with E-state index in [2.05, 4.69) is 4.98 Å². The first kappa shape index (κ1) is 28.6. The molecule has 1 fully saturated rings. The summed E-state index contributed by atoms with van der Waals surface area (Å²) in [5.74, 6) is 0.241. The van der Waals surface area contributed by atoms with Crippen molar-refractivity contribution in [2.45, 2.75) is 74.7 Å². The molecule has 0 spiro atoms. The molecule has 210 valence electrons. The van der Waals surface area contributed by atoms with Crippen LogP contribution in [0.4, 0.5) is 0 Å². The molecule has 1 aliphatic carbocycles. The molecule has 10 heteroatoms. The molecule has 0 bridgehead atoms. The maximum absolute atomic E-state index is 13.8. The lowest BCUT2D eigenvalue weighted by Gasteiger charge is -2.29. The standard InChI is InChI=1S/C29H36N2O7S/c1-4-5-14-25-30-28(32)27(29(33)31(25)26-23(36-2)12-9-13-24(26)37-3)39(34,35)22-17-15-21(16-18-22)38-19-20-10-7-6-8-11-20/h6-13,21-22,33H,4-5,14-19H2,1-3H3/t21-,22+. The molecule has 2 aromatic carbocycles. The highest BCUT2D eigenvalue weighted by Crippen LogP contribution is 2.39. The van der Waals surface area contributed by atoms with Crippen LogP contribution in [-0.2, 0) is 27.6 Å². The lowest BCUT2D eigenvalue weighted by molar-refractivity contribution is 0.0174. The molecule has 4 rings (SSSR count). The van der Waals surface area contributed by atoms with Crippen molar-refractivity contribution in [1.82, 2.24) is 9.55 Å². The quantitative estimate of drug-likeness (QED) is 0.364. The van der Waals surface area contributed by atoms with Gasteiger partial charge in [0.15, 0.2) is 14.7 Å². The van der Waals surface area contributed by atoms with Crippen molar-refractivity contribution in [2.24, 2.45) is 0 Å². The zero-order valence-corrected chi connectivity index (χ0v) is 23.4. The third kappa shape index (κ3) is 6.12. The van der Waals surface area contributed by atoms with E-state index in [0.717, 1.165) is 12.0 Å². The van der Waals surface area contributed by atoms with Crippen LogP contribution in [0.3, 0.4) is 0 Å². The van der Waals surface area contributed by atoms with Crippen molar-refractivity contribution < 1.29 is 27.7 Å². The third-order valence-corrected chi connectivity index (χ3v) is 9.43. The van der Waals surface area contributed by atoms with Crippen LogP contribution in [0.1, 0.15) is 56.8 Å². The molecular formula is C29H36N2O7S. The molecule has 0 unspecified atom stereocenters. The first-order chi connectivity index (χ1) is 18.8. The molecule has 0 saturated heterocycles. The number of sulfone groups is 1. The number of methoxy groups -OCH3 is 2. The van der Waals surface area contributed by atoms with Crippen molar-refractivity contribution in [3.8, 4) is 23.1 Å². The Balaban J connectivity index is 1.68. The minimum absolute atomic E-state index is 0.0747. The predicted octanol–water partition coefficient (Wildman–Crippen LogP) is 4.60. The lowest BCUT2D eigenvalue weighted by atomic mass is 9.97. The van der Waals surface area contributed by atoms with Crippen molar-refractivity contribution in [2.75, 3.05) is 14.2 Å². The lowest BCUT2D eigenvalue weighted by Crippen LogP contribution is -2.34. The fourth-order valence-corrected chi connectivity index (χ4v) is 6.90. The van der Waals surface area contributed by atoms with Gasteiger partial charge in [0.2, 0.25) is 5.88 Å². The van der Waals surface area contributed by atoms with Crippen LogP contribution in [0, 0.1) is 0 Å². The minimum Gasteiger partial charge on any atom is -0.494 e. The number of aromatic hydroxyl groups is 1. The van der Waals surface area contributed by atoms with Gasteiger partial charge in [-0.15, -0.1) is 0 Å². The van der Waals surface area contributed by atoms with Crippen molar-refractivity contribution in [3.05, 3.63) is 70.3 Å². The number of nitrogens with zero attached hydrogens (tertiary/aromatic N) is 2. The largest absolute Gasteiger partial charge is 0.494 e. The maximum Gasteiger partial charge on any atom is 0.295 e. The first-order valence-corrected chi connectivity index (χ1v) is 14.8. The topological polar surface area (TPSA) is 117 Å². The fourth-order valence-electron chi connectivity index (χ4n) is 5.04. The smallest absolute Gasteiger partial charge is 0.295 e. The number of rotatable bonds is 11. The Hall–Kier alpha value is -3.37. The SMILES string of the molecule is CCCCc1nc(=O)c(S(=O)(=O)[C@H]2CC[C@@H](OCc3ccccc3)CC2)c(O)n1-c1c(OC)cccc1OC. The summed E-state index contributed by atoms with van der Waals surface area (Å²) < 4.78 is 46.0. The average molecular weight is 557 g/mol. The number of ether oxygens (including phenoxy) is 3. The van der Waals surface area contributed by atoms with Crippen LogP contribution < -0.4 is 15.0 Å². The van der Waals surface area contributed by atoms with Gasteiger partial charge in [-0.05, 0) is 49.8 Å². The van der Waals surface area contributed by atoms with Gasteiger partial charge in [0.05, 0.1) is 32.2 Å². The summed E-state index contributed by atoms with van der Waals surface area (Å²) in [5, 5.41) is 10.7. The van der Waals surface area contributed by atoms with E-state index < -0.39 is 31.4 Å². The van der Waals surface area contributed by atoms with Gasteiger partial charge in [-0.3, -0.25) is 9.36 Å². The van der Waals surface area contributed by atoms with Crippen molar-refractivity contribution >= 4 is 9.84 Å². The number of aryl methyl sites for hydroxylation is 1. The second kappa shape index (κ2) is 12.7. The van der Waals surface area contributed by atoms with E-state index in [0.29, 0.717) is 56.6 Å². The number of benzene rings is 2. The number of aromatic nitrogens is 2. The van der Waals surface area contributed by atoms with Gasteiger partial charge in [-0.25, -0.2) is 8.42 Å². The van der Waals surface area contributed by atoms with E-state index in [1.165, 1.54) is 18.8 Å². The summed E-state index contributed by atoms with van der Waals surface area (Å²) in [6.07, 6.45) is 3.48. The fraction of sp³-hybridized carbons (Fsp3) is 0.448. The van der Waals surface area contributed by atoms with E-state index >= 15 is 0 Å². The van der Waals surface area contributed by atoms with Crippen molar-refractivity contribution in [3.63, 3.8) is 0 Å². The van der Waals surface area contributed by atoms with Crippen LogP contribution in [0.15, 0.2) is 58.2 Å². The van der Waals surface area contributed by atoms with E-state index in [4.69, 9.17) is 14.2 Å². The highest BCUT2D eigenvalue weighted by molar-refractivity contribution is 7.92. The zero-order chi connectivity index (χ0) is 28.0. The molecule has 9 nitrogen and oxygen atoms in total. The Morgan fingerprint density at radius 1 is 0.974 bits per heavy atom. The van der Waals surface area contributed by atoms with E-state index in [-0.39, 0.29) is 17.6 Å². The molecule has 1 saturated carbocycles. The summed E-state index contributed by atoms with van der Waals surface area (Å²) in [7, 11) is -1.27. The van der Waals surface area contributed by atoms with Gasteiger partial charge in [0.1, 0.15) is 23.0 Å². The first-order valence-electron chi connectivity index (χ1n) is 13.3. The Bertz CT molecular complexity index is 1410. The highest BCUT2D eigenvalue weighted by Gasteiger charge is 2.38. The monoisotopic (exact) mass is 556 g/mol. The van der Waals surface area contributed by atoms with Crippen LogP contribution in [0.25, 0.3) is 5.69 Å². The molecule has 1 aliphatic rings. The summed E-state index contributed by atoms with van der Waals surface area (Å²) in [4.78, 5) is 16.7. The van der Waals surface area contributed by atoms with Gasteiger partial charge in [0, 0.05) is 6.42 Å². The minimum atomic E-state index is -4.20. The van der Waals surface area contributed by atoms with Crippen LogP contribution in [0.2, 0.25) is 0 Å². The summed E-state index contributed by atoms with van der Waals surface area (Å²) >= 11 is 0. The second-order valence-electron chi connectivity index (χ2n) is 9.68. The summed E-state index contributed by atoms with van der Waals surface area (Å²) in [6, 6.07) is 14.9. The molecule has 3 aromatic rings. The summed E-state index contributed by atoms with van der Waals surface area (Å²) in [6.45, 7) is 2.45. The molecule has 1 aromatic heterocycles. The van der Waals surface area contributed by atoms with E-state index in [9.17, 15) is 18.3 Å². The molecule has 39 heavy (non-hydrogen) atoms. The summed E-state index contributed by atoms with van der Waals surface area (Å²) in [5.41, 5.74) is 0.387. The Kier molecular flexibility index (Phi) is 9.29. The predicted molar refractivity (Wildman–Crippen MR) is 148 cm³/mol. The molecule has 0 atom stereocenters. The Morgan fingerprint density at radius 2 is 1.62 bits per heavy atom. The van der Waals surface area contributed by atoms with Gasteiger partial charge >= 0.3 is 0 Å². The normalized spacial score (nSPS) is 17.6. The van der Waals surface area contributed by atoms with Gasteiger partial charge < -0.3 is 19.3 Å². The van der Waals surface area contributed by atoms with Gasteiger partial charge in [-0.1, -0.05) is 49.7 Å². The molecule has 0 amide bonds. The number of hydrogen-bond donors (Lipinski definition) is 1. The van der Waals surface area contributed by atoms with Crippen LogP contribution in [0.5, 0.6) is 17.4 Å². The highest BCUT2D eigenvalue weighted by atomic mass is 32.2. The Morgan fingerprint density at radius 3 is 2.21 bits per heavy atom. The number of hydrogen-bond acceptors (Lipinski definition) is 8. The van der Waals surface area contributed by atoms with Crippen molar-refractivity contribution in [1.29, 1.82) is 0 Å². The van der Waals surface area contributed by atoms with E-state index in [1.807, 2.05) is 37.3 Å². The Labute approximate surface area is 229 Å². The average Bonchev–Trinajstić information content (AvgIpc) is 2.95. The molecular weight excluding hydrogens is 520 g/mol. The third-order valence-electron chi connectivity index (χ3n) is 7.15. The van der Waals surface area contributed by atoms with Gasteiger partial charge in [-0.2, -0.15) is 4.98 Å². The zero-order valence-electron chi connectivity index (χ0n) is 22.6. The molecule has 0 aliphatic heterocycles. The van der Waals surface area contributed by atoms with Gasteiger partial charge in [0.25, 0.3) is 5.56 Å². The number of unbranched alkanes of at least 4 members (excludes halogenated alkanes) is 1. The second-order valence-corrected chi connectivity index (χ2v) is 11.8. The molecule has 1 heterocycles. The van der Waals surface area contributed by atoms with E-state index in [1.54, 1.807) is 18.2 Å². The van der Waals surface area contributed by atoms with Crippen LogP contribution in [-0.4, -0.2) is 48.6 Å². The van der Waals surface area contributed by atoms with Crippen LogP contribution >= 0.6 is 0 Å². The number of para-hydroxylation sites is 1. The molecule has 1 N–H and O–H groups in total. The maximum atomic E-state index is 13.8.